The molecule has 0 aliphatic rings. The summed E-state index contributed by atoms with van der Waals surface area (Å²) in [6.45, 7) is 0. The van der Waals surface area contributed by atoms with Crippen molar-refractivity contribution in [3.63, 3.8) is 0 Å². The Labute approximate surface area is 135 Å². The van der Waals surface area contributed by atoms with Gasteiger partial charge in [0.05, 0.1) is 5.69 Å². The van der Waals surface area contributed by atoms with Crippen molar-refractivity contribution in [3.8, 4) is 5.75 Å². The van der Waals surface area contributed by atoms with Crippen LogP contribution in [-0.2, 0) is 0 Å². The topological polar surface area (TPSA) is 61.4 Å². The summed E-state index contributed by atoms with van der Waals surface area (Å²) in [5, 5.41) is 16.9. The van der Waals surface area contributed by atoms with E-state index in [1.165, 1.54) is 0 Å². The third kappa shape index (κ3) is 3.20. The lowest BCUT2D eigenvalue weighted by Crippen LogP contribution is -2.19. The number of aromatic hydroxyl groups is 1. The van der Waals surface area contributed by atoms with Crippen LogP contribution in [0.4, 0.5) is 16.2 Å². The second kappa shape index (κ2) is 6.07. The molecule has 2 amide bonds. The number of rotatable bonds is 2. The van der Waals surface area contributed by atoms with Crippen molar-refractivity contribution in [1.82, 2.24) is 0 Å². The van der Waals surface area contributed by atoms with E-state index < -0.39 is 0 Å². The van der Waals surface area contributed by atoms with Crippen LogP contribution >= 0.6 is 15.9 Å². The summed E-state index contributed by atoms with van der Waals surface area (Å²) in [6, 6.07) is 17.6. The van der Waals surface area contributed by atoms with Crippen molar-refractivity contribution in [2.75, 3.05) is 10.6 Å². The number of hydrogen-bond acceptors (Lipinski definition) is 2. The highest BCUT2D eigenvalue weighted by atomic mass is 79.9. The first-order valence-electron chi connectivity index (χ1n) is 6.67. The van der Waals surface area contributed by atoms with E-state index >= 15 is 0 Å². The number of nitrogens with one attached hydrogen (secondary N) is 2. The molecule has 5 heteroatoms. The number of urea groups is 1. The van der Waals surface area contributed by atoms with Crippen LogP contribution in [0.2, 0.25) is 0 Å². The Balaban J connectivity index is 1.83. The fourth-order valence-electron chi connectivity index (χ4n) is 2.22. The standard InChI is InChI=1S/C17H13BrN2O2/c18-12-4-2-5-13(9-12)19-17(22)20-16-6-1-3-11-7-8-14(21)10-15(11)16/h1-10,21H,(H2,19,20,22). The highest BCUT2D eigenvalue weighted by Gasteiger charge is 2.07. The van der Waals surface area contributed by atoms with Crippen LogP contribution < -0.4 is 10.6 Å². The molecule has 0 spiro atoms. The molecule has 0 atom stereocenters. The van der Waals surface area contributed by atoms with Crippen molar-refractivity contribution in [1.29, 1.82) is 0 Å². The van der Waals surface area contributed by atoms with Gasteiger partial charge in [0.1, 0.15) is 5.75 Å². The second-order valence-electron chi connectivity index (χ2n) is 4.80. The summed E-state index contributed by atoms with van der Waals surface area (Å²) in [4.78, 5) is 12.1. The first kappa shape index (κ1) is 14.4. The number of carbonyl (C=O) groups excluding carboxylic acids is 1. The maximum atomic E-state index is 12.1. The Bertz CT molecular complexity index is 849. The number of fused-ring (bicyclic) bond motifs is 1. The van der Waals surface area contributed by atoms with Crippen molar-refractivity contribution >= 4 is 44.1 Å². The number of halogens is 1. The van der Waals surface area contributed by atoms with Gasteiger partial charge in [-0.05, 0) is 41.8 Å². The molecule has 110 valence electrons. The van der Waals surface area contributed by atoms with Gasteiger partial charge in [0.2, 0.25) is 0 Å². The molecule has 0 saturated heterocycles. The second-order valence-corrected chi connectivity index (χ2v) is 5.72. The fourth-order valence-corrected chi connectivity index (χ4v) is 2.62. The number of hydrogen-bond donors (Lipinski definition) is 3. The van der Waals surface area contributed by atoms with Gasteiger partial charge in [0.25, 0.3) is 0 Å². The highest BCUT2D eigenvalue weighted by Crippen LogP contribution is 2.27. The Hall–Kier alpha value is -2.53. The molecule has 0 unspecified atom stereocenters. The highest BCUT2D eigenvalue weighted by molar-refractivity contribution is 9.10. The first-order chi connectivity index (χ1) is 10.6. The number of carbonyl (C=O) groups is 1. The molecule has 0 saturated carbocycles. The Morgan fingerprint density at radius 1 is 0.955 bits per heavy atom. The third-order valence-corrected chi connectivity index (χ3v) is 3.69. The lowest BCUT2D eigenvalue weighted by molar-refractivity contribution is 0.262. The van der Waals surface area contributed by atoms with Crippen LogP contribution in [0, 0.1) is 0 Å². The summed E-state index contributed by atoms with van der Waals surface area (Å²) in [7, 11) is 0. The molecule has 3 rings (SSSR count). The molecule has 0 aliphatic heterocycles. The Morgan fingerprint density at radius 2 is 1.77 bits per heavy atom. The van der Waals surface area contributed by atoms with Gasteiger partial charge in [-0.3, -0.25) is 0 Å². The number of benzene rings is 3. The third-order valence-electron chi connectivity index (χ3n) is 3.20. The van der Waals surface area contributed by atoms with E-state index in [0.29, 0.717) is 11.4 Å². The minimum atomic E-state index is -0.339. The first-order valence-corrected chi connectivity index (χ1v) is 7.46. The molecule has 0 fully saturated rings. The number of phenolic OH excluding ortho intramolecular Hbond substituents is 1. The molecule has 0 aromatic heterocycles. The number of phenols is 1. The van der Waals surface area contributed by atoms with E-state index in [-0.39, 0.29) is 11.8 Å². The minimum Gasteiger partial charge on any atom is -0.508 e. The lowest BCUT2D eigenvalue weighted by atomic mass is 10.1. The molecule has 0 bridgehead atoms. The van der Waals surface area contributed by atoms with Gasteiger partial charge in [0.15, 0.2) is 0 Å². The van der Waals surface area contributed by atoms with E-state index in [1.807, 2.05) is 36.4 Å². The summed E-state index contributed by atoms with van der Waals surface area (Å²) in [6.07, 6.45) is 0. The molecule has 0 radical (unpaired) electrons. The number of anilines is 2. The minimum absolute atomic E-state index is 0.161. The van der Waals surface area contributed by atoms with E-state index in [4.69, 9.17) is 0 Å². The molecule has 3 aromatic carbocycles. The zero-order chi connectivity index (χ0) is 15.5. The molecule has 0 aliphatic carbocycles. The zero-order valence-electron chi connectivity index (χ0n) is 11.5. The molecular weight excluding hydrogens is 344 g/mol. The van der Waals surface area contributed by atoms with Gasteiger partial charge < -0.3 is 15.7 Å². The quantitative estimate of drug-likeness (QED) is 0.608. The fraction of sp³-hybridized carbons (Fsp3) is 0. The van der Waals surface area contributed by atoms with Crippen molar-refractivity contribution < 1.29 is 9.90 Å². The monoisotopic (exact) mass is 356 g/mol. The SMILES string of the molecule is O=C(Nc1cccc(Br)c1)Nc1cccc2ccc(O)cc12. The average Bonchev–Trinajstić information content (AvgIpc) is 2.48. The molecule has 4 nitrogen and oxygen atoms in total. The van der Waals surface area contributed by atoms with Crippen molar-refractivity contribution in [2.45, 2.75) is 0 Å². The van der Waals surface area contributed by atoms with Gasteiger partial charge in [-0.2, -0.15) is 0 Å². The smallest absolute Gasteiger partial charge is 0.323 e. The van der Waals surface area contributed by atoms with Crippen molar-refractivity contribution in [3.05, 3.63) is 65.1 Å². The maximum Gasteiger partial charge on any atom is 0.323 e. The van der Waals surface area contributed by atoms with Crippen LogP contribution in [0.15, 0.2) is 65.1 Å². The summed E-state index contributed by atoms with van der Waals surface area (Å²) >= 11 is 3.36. The van der Waals surface area contributed by atoms with Gasteiger partial charge in [-0.1, -0.05) is 40.2 Å². The lowest BCUT2D eigenvalue weighted by Gasteiger charge is -2.10. The van der Waals surface area contributed by atoms with Crippen LogP contribution in [-0.4, -0.2) is 11.1 Å². The predicted octanol–water partition coefficient (Wildman–Crippen LogP) is 4.95. The van der Waals surface area contributed by atoms with E-state index in [0.717, 1.165) is 15.2 Å². The summed E-state index contributed by atoms with van der Waals surface area (Å²) < 4.78 is 0.889. The maximum absolute atomic E-state index is 12.1. The molecule has 3 N–H and O–H groups in total. The zero-order valence-corrected chi connectivity index (χ0v) is 13.1. The molecule has 0 heterocycles. The summed E-state index contributed by atoms with van der Waals surface area (Å²) in [5.41, 5.74) is 1.33. The summed E-state index contributed by atoms with van der Waals surface area (Å²) in [5.74, 6) is 0.161. The van der Waals surface area contributed by atoms with Crippen LogP contribution in [0.5, 0.6) is 5.75 Å². The van der Waals surface area contributed by atoms with Gasteiger partial charge in [-0.25, -0.2) is 4.79 Å². The molecule has 3 aromatic rings. The average molecular weight is 357 g/mol. The Kier molecular flexibility index (Phi) is 3.98. The largest absolute Gasteiger partial charge is 0.508 e. The Morgan fingerprint density at radius 3 is 2.59 bits per heavy atom. The number of amides is 2. The van der Waals surface area contributed by atoms with Crippen LogP contribution in [0.25, 0.3) is 10.8 Å². The van der Waals surface area contributed by atoms with E-state index in [9.17, 15) is 9.90 Å². The van der Waals surface area contributed by atoms with Crippen LogP contribution in [0.3, 0.4) is 0 Å². The van der Waals surface area contributed by atoms with Gasteiger partial charge in [0, 0.05) is 15.5 Å². The van der Waals surface area contributed by atoms with Crippen molar-refractivity contribution in [2.24, 2.45) is 0 Å². The van der Waals surface area contributed by atoms with E-state index in [2.05, 4.69) is 26.6 Å². The van der Waals surface area contributed by atoms with E-state index in [1.54, 1.807) is 24.3 Å². The van der Waals surface area contributed by atoms with Gasteiger partial charge >= 0.3 is 6.03 Å². The predicted molar refractivity (Wildman–Crippen MR) is 92.4 cm³/mol. The molecule has 22 heavy (non-hydrogen) atoms. The normalized spacial score (nSPS) is 10.4. The van der Waals surface area contributed by atoms with Gasteiger partial charge in [-0.15, -0.1) is 0 Å². The molecular formula is C17H13BrN2O2. The van der Waals surface area contributed by atoms with Crippen LogP contribution in [0.1, 0.15) is 0 Å².